The summed E-state index contributed by atoms with van der Waals surface area (Å²) in [6.07, 6.45) is 2.36. The number of nitrogens with zero attached hydrogens (tertiary/aromatic N) is 2. The van der Waals surface area contributed by atoms with Crippen LogP contribution < -0.4 is 9.47 Å². The second kappa shape index (κ2) is 12.5. The zero-order valence-electron chi connectivity index (χ0n) is 18.5. The van der Waals surface area contributed by atoms with Crippen LogP contribution in [0.25, 0.3) is 0 Å². The van der Waals surface area contributed by atoms with Gasteiger partial charge in [-0.05, 0) is 31.9 Å². The molecule has 3 atom stereocenters. The molecule has 1 aliphatic rings. The summed E-state index contributed by atoms with van der Waals surface area (Å²) in [5.41, 5.74) is -0.433. The smallest absolute Gasteiger partial charge is 0.286 e. The minimum absolute atomic E-state index is 0.00621. The third-order valence-electron chi connectivity index (χ3n) is 5.02. The Morgan fingerprint density at radius 3 is 2.71 bits per heavy atom. The summed E-state index contributed by atoms with van der Waals surface area (Å²) in [5, 5.41) is 11.8. The van der Waals surface area contributed by atoms with E-state index in [2.05, 4.69) is 15.9 Å². The molecule has 1 aromatic carbocycles. The van der Waals surface area contributed by atoms with Crippen molar-refractivity contribution in [2.24, 2.45) is 0 Å². The van der Waals surface area contributed by atoms with E-state index in [9.17, 15) is 14.9 Å². The number of alkyl halides is 1. The number of thioether (sulfide) groups is 1. The van der Waals surface area contributed by atoms with Gasteiger partial charge in [0.25, 0.3) is 11.6 Å². The zero-order chi connectivity index (χ0) is 23.0. The van der Waals surface area contributed by atoms with Gasteiger partial charge in [-0.15, -0.1) is 11.8 Å². The first kappa shape index (κ1) is 25.7. The zero-order valence-corrected chi connectivity index (χ0v) is 20.9. The molecular weight excluding hydrogens is 488 g/mol. The van der Waals surface area contributed by atoms with Crippen LogP contribution in [0.5, 0.6) is 11.5 Å². The topological polar surface area (TPSA) is 91.1 Å². The molecule has 0 aliphatic carbocycles. The number of nitro benzene ring substituents is 1. The Morgan fingerprint density at radius 2 is 2.13 bits per heavy atom. The van der Waals surface area contributed by atoms with Gasteiger partial charge in [-0.2, -0.15) is 0 Å². The SMILES string of the molecule is CCOC(SCC)[C@@H]1CCCN1C(=O)c1cc(OC)c(OCCC(C)Br)cc1[N+](=O)[O-]. The fourth-order valence-electron chi connectivity index (χ4n) is 3.56. The number of hydrogen-bond donors (Lipinski definition) is 0. The predicted molar refractivity (Wildman–Crippen MR) is 126 cm³/mol. The summed E-state index contributed by atoms with van der Waals surface area (Å²) < 4.78 is 17.0. The molecule has 2 rings (SSSR count). The number of hydrogen-bond acceptors (Lipinski definition) is 7. The van der Waals surface area contributed by atoms with Crippen LogP contribution in [-0.2, 0) is 4.74 Å². The van der Waals surface area contributed by atoms with Crippen molar-refractivity contribution in [1.82, 2.24) is 4.90 Å². The van der Waals surface area contributed by atoms with E-state index >= 15 is 0 Å². The molecule has 2 unspecified atom stereocenters. The van der Waals surface area contributed by atoms with Gasteiger partial charge in [-0.1, -0.05) is 29.8 Å². The van der Waals surface area contributed by atoms with Crippen LogP contribution in [0.1, 0.15) is 50.4 Å². The Morgan fingerprint density at radius 1 is 1.39 bits per heavy atom. The number of rotatable bonds is 12. The van der Waals surface area contributed by atoms with Gasteiger partial charge in [0.2, 0.25) is 0 Å². The Bertz CT molecular complexity index is 758. The van der Waals surface area contributed by atoms with Gasteiger partial charge in [0.05, 0.1) is 30.7 Å². The highest BCUT2D eigenvalue weighted by Gasteiger charge is 2.38. The predicted octanol–water partition coefficient (Wildman–Crippen LogP) is 4.88. The van der Waals surface area contributed by atoms with E-state index < -0.39 is 4.92 Å². The second-order valence-corrected chi connectivity index (χ2v) is 10.1. The van der Waals surface area contributed by atoms with Gasteiger partial charge in [0, 0.05) is 24.0 Å². The highest BCUT2D eigenvalue weighted by Crippen LogP contribution is 2.37. The molecule has 1 saturated heterocycles. The number of likely N-dealkylation sites (tertiary alicyclic amines) is 1. The average molecular weight is 519 g/mol. The summed E-state index contributed by atoms with van der Waals surface area (Å²) in [6.45, 7) is 7.41. The maximum absolute atomic E-state index is 13.4. The van der Waals surface area contributed by atoms with Crippen molar-refractivity contribution in [3.05, 3.63) is 27.8 Å². The number of carbonyl (C=O) groups excluding carboxylic acids is 1. The molecule has 0 radical (unpaired) electrons. The molecule has 0 N–H and O–H groups in total. The number of halogens is 1. The van der Waals surface area contributed by atoms with Gasteiger partial charge in [0.1, 0.15) is 11.0 Å². The van der Waals surface area contributed by atoms with Crippen LogP contribution >= 0.6 is 27.7 Å². The standard InChI is InChI=1S/C21H31BrN2O6S/c1-5-29-21(31-6-2)16-8-7-10-23(16)20(25)15-12-18(28-4)19(13-17(15)24(26)27)30-11-9-14(3)22/h12-14,16,21H,5-11H2,1-4H3/t14?,16-,21?/m0/s1. The molecule has 0 saturated carbocycles. The number of ether oxygens (including phenoxy) is 3. The quantitative estimate of drug-likeness (QED) is 0.168. The normalized spacial score (nSPS) is 18.0. The molecule has 1 fully saturated rings. The van der Waals surface area contributed by atoms with Gasteiger partial charge in [-0.25, -0.2) is 0 Å². The fraction of sp³-hybridized carbons (Fsp3) is 0.667. The Hall–Kier alpha value is -1.52. The van der Waals surface area contributed by atoms with E-state index in [4.69, 9.17) is 14.2 Å². The molecular formula is C21H31BrN2O6S. The largest absolute Gasteiger partial charge is 0.493 e. The molecule has 0 aromatic heterocycles. The highest BCUT2D eigenvalue weighted by atomic mass is 79.9. The molecule has 1 heterocycles. The Balaban J connectivity index is 2.36. The van der Waals surface area contributed by atoms with Crippen LogP contribution in [-0.4, -0.2) is 64.7 Å². The molecule has 174 valence electrons. The second-order valence-electron chi connectivity index (χ2n) is 7.18. The van der Waals surface area contributed by atoms with Crippen LogP contribution in [0, 0.1) is 10.1 Å². The number of amides is 1. The number of methoxy groups -OCH3 is 1. The van der Waals surface area contributed by atoms with Gasteiger partial charge < -0.3 is 19.1 Å². The van der Waals surface area contributed by atoms with E-state index in [-0.39, 0.29) is 39.2 Å². The monoisotopic (exact) mass is 518 g/mol. The van der Waals surface area contributed by atoms with Gasteiger partial charge in [0.15, 0.2) is 11.5 Å². The molecule has 1 aliphatic heterocycles. The third kappa shape index (κ3) is 6.73. The molecule has 31 heavy (non-hydrogen) atoms. The molecule has 0 spiro atoms. The lowest BCUT2D eigenvalue weighted by Gasteiger charge is -2.31. The molecule has 1 aromatic rings. The third-order valence-corrected chi connectivity index (χ3v) is 6.59. The lowest BCUT2D eigenvalue weighted by Crippen LogP contribution is -2.43. The minimum atomic E-state index is -0.543. The average Bonchev–Trinajstić information content (AvgIpc) is 3.22. The van der Waals surface area contributed by atoms with Crippen LogP contribution in [0.3, 0.4) is 0 Å². The van der Waals surface area contributed by atoms with Crippen LogP contribution in [0.15, 0.2) is 12.1 Å². The van der Waals surface area contributed by atoms with E-state index in [0.717, 1.165) is 25.0 Å². The van der Waals surface area contributed by atoms with Gasteiger partial charge in [-0.3, -0.25) is 14.9 Å². The molecule has 0 bridgehead atoms. The first-order valence-corrected chi connectivity index (χ1v) is 12.5. The summed E-state index contributed by atoms with van der Waals surface area (Å²) in [7, 11) is 1.46. The van der Waals surface area contributed by atoms with Gasteiger partial charge >= 0.3 is 0 Å². The molecule has 8 nitrogen and oxygen atoms in total. The lowest BCUT2D eigenvalue weighted by atomic mass is 10.1. The van der Waals surface area contributed by atoms with E-state index in [1.807, 2.05) is 20.8 Å². The fourth-order valence-corrected chi connectivity index (χ4v) is 4.81. The lowest BCUT2D eigenvalue weighted by molar-refractivity contribution is -0.385. The van der Waals surface area contributed by atoms with Crippen molar-refractivity contribution in [2.75, 3.05) is 32.6 Å². The maximum atomic E-state index is 13.4. The van der Waals surface area contributed by atoms with Crippen molar-refractivity contribution in [3.8, 4) is 11.5 Å². The van der Waals surface area contributed by atoms with Crippen molar-refractivity contribution in [3.63, 3.8) is 0 Å². The number of carbonyl (C=O) groups is 1. The number of benzene rings is 1. The highest BCUT2D eigenvalue weighted by molar-refractivity contribution is 9.09. The molecule has 10 heteroatoms. The van der Waals surface area contributed by atoms with Crippen LogP contribution in [0.4, 0.5) is 5.69 Å². The Labute approximate surface area is 196 Å². The molecule has 1 amide bonds. The summed E-state index contributed by atoms with van der Waals surface area (Å²) in [4.78, 5) is 26.6. The van der Waals surface area contributed by atoms with Crippen molar-refractivity contribution >= 4 is 39.3 Å². The van der Waals surface area contributed by atoms with Crippen molar-refractivity contribution < 1.29 is 23.9 Å². The number of nitro groups is 1. The summed E-state index contributed by atoms with van der Waals surface area (Å²) in [5.74, 6) is 1.03. The minimum Gasteiger partial charge on any atom is -0.493 e. The van der Waals surface area contributed by atoms with E-state index in [1.54, 1.807) is 16.7 Å². The maximum Gasteiger partial charge on any atom is 0.286 e. The van der Waals surface area contributed by atoms with Crippen LogP contribution in [0.2, 0.25) is 0 Å². The summed E-state index contributed by atoms with van der Waals surface area (Å²) in [6, 6.07) is 2.58. The van der Waals surface area contributed by atoms with Crippen molar-refractivity contribution in [2.45, 2.75) is 56.3 Å². The first-order valence-electron chi connectivity index (χ1n) is 10.5. The van der Waals surface area contributed by atoms with E-state index in [1.165, 1.54) is 19.2 Å². The van der Waals surface area contributed by atoms with E-state index in [0.29, 0.717) is 25.5 Å². The van der Waals surface area contributed by atoms with Crippen molar-refractivity contribution in [1.29, 1.82) is 0 Å². The summed E-state index contributed by atoms with van der Waals surface area (Å²) >= 11 is 5.10. The first-order chi connectivity index (χ1) is 14.8. The Kier molecular flexibility index (Phi) is 10.4.